The van der Waals surface area contributed by atoms with E-state index >= 15 is 0 Å². The Bertz CT molecular complexity index is 1090. The number of rotatable bonds is 9. The highest BCUT2D eigenvalue weighted by Gasteiger charge is 2.34. The molecule has 8 nitrogen and oxygen atoms in total. The minimum Gasteiger partial charge on any atom is -0.495 e. The molecule has 0 radical (unpaired) electrons. The smallest absolute Gasteiger partial charge is 0.253 e. The molecule has 9 heteroatoms. The molecule has 0 saturated carbocycles. The number of nitrogens with zero attached hydrogens (tertiary/aromatic N) is 2. The maximum absolute atomic E-state index is 13.5. The Labute approximate surface area is 202 Å². The molecule has 1 heterocycles. The van der Waals surface area contributed by atoms with Crippen molar-refractivity contribution < 1.29 is 27.4 Å². The van der Waals surface area contributed by atoms with Gasteiger partial charge in [-0.3, -0.25) is 4.79 Å². The molecule has 0 N–H and O–H groups in total. The summed E-state index contributed by atoms with van der Waals surface area (Å²) in [4.78, 5) is 14.6. The average Bonchev–Trinajstić information content (AvgIpc) is 2.82. The van der Waals surface area contributed by atoms with Gasteiger partial charge in [0.15, 0.2) is 11.5 Å². The molecule has 3 rings (SSSR count). The van der Waals surface area contributed by atoms with Crippen LogP contribution in [-0.4, -0.2) is 71.0 Å². The van der Waals surface area contributed by atoms with Gasteiger partial charge in [0.1, 0.15) is 17.3 Å². The van der Waals surface area contributed by atoms with Crippen molar-refractivity contribution in [2.45, 2.75) is 25.2 Å². The minimum absolute atomic E-state index is 0.0146. The second-order valence-corrected chi connectivity index (χ2v) is 10.8. The van der Waals surface area contributed by atoms with Crippen molar-refractivity contribution in [2.24, 2.45) is 11.8 Å². The normalized spacial score (nSPS) is 18.9. The van der Waals surface area contributed by atoms with E-state index in [2.05, 4.69) is 13.8 Å². The number of carbonyl (C=O) groups is 1. The summed E-state index contributed by atoms with van der Waals surface area (Å²) in [5.74, 6) is 1.66. The first-order chi connectivity index (χ1) is 16.2. The van der Waals surface area contributed by atoms with Crippen molar-refractivity contribution in [3.05, 3.63) is 48.0 Å². The van der Waals surface area contributed by atoms with Crippen LogP contribution in [0.1, 0.15) is 30.6 Å². The van der Waals surface area contributed by atoms with Gasteiger partial charge in [-0.25, -0.2) is 8.42 Å². The predicted molar refractivity (Wildman–Crippen MR) is 130 cm³/mol. The highest BCUT2D eigenvalue weighted by Crippen LogP contribution is 2.32. The van der Waals surface area contributed by atoms with Crippen LogP contribution in [0.25, 0.3) is 0 Å². The molecule has 1 fully saturated rings. The van der Waals surface area contributed by atoms with Gasteiger partial charge in [0.2, 0.25) is 10.0 Å². The molecule has 0 aliphatic carbocycles. The van der Waals surface area contributed by atoms with E-state index in [1.807, 2.05) is 12.1 Å². The number of carbonyl (C=O) groups excluding carboxylic acids is 1. The first-order valence-corrected chi connectivity index (χ1v) is 12.8. The summed E-state index contributed by atoms with van der Waals surface area (Å²) in [6.45, 7) is 5.58. The predicted octanol–water partition coefficient (Wildman–Crippen LogP) is 3.52. The van der Waals surface area contributed by atoms with E-state index in [1.165, 1.54) is 28.4 Å². The van der Waals surface area contributed by atoms with Gasteiger partial charge in [0, 0.05) is 25.7 Å². The lowest BCUT2D eigenvalue weighted by Gasteiger charge is -2.34. The van der Waals surface area contributed by atoms with Crippen LogP contribution in [0.3, 0.4) is 0 Å². The van der Waals surface area contributed by atoms with Crippen LogP contribution < -0.4 is 14.2 Å². The standard InChI is InChI=1S/C25H34N2O6S/c1-18-14-19(2)17-27(16-18)34(29,30)24-15-20(10-11-23(24)32-5)25(28)26(3)12-13-33-22-9-7-6-8-21(22)31-4/h6-11,15,18-19H,12-14,16-17H2,1-5H3. The number of para-hydroxylation sites is 2. The van der Waals surface area contributed by atoms with Crippen molar-refractivity contribution in [1.29, 1.82) is 0 Å². The van der Waals surface area contributed by atoms with Crippen LogP contribution in [0.2, 0.25) is 0 Å². The van der Waals surface area contributed by atoms with Gasteiger partial charge >= 0.3 is 0 Å². The van der Waals surface area contributed by atoms with E-state index in [0.29, 0.717) is 31.1 Å². The highest BCUT2D eigenvalue weighted by atomic mass is 32.2. The minimum atomic E-state index is -3.81. The van der Waals surface area contributed by atoms with Gasteiger partial charge in [-0.2, -0.15) is 4.31 Å². The van der Waals surface area contributed by atoms with E-state index in [9.17, 15) is 13.2 Å². The van der Waals surface area contributed by atoms with E-state index in [4.69, 9.17) is 14.2 Å². The number of hydrogen-bond acceptors (Lipinski definition) is 6. The topological polar surface area (TPSA) is 85.4 Å². The Morgan fingerprint density at radius 3 is 2.24 bits per heavy atom. The van der Waals surface area contributed by atoms with Crippen molar-refractivity contribution >= 4 is 15.9 Å². The molecule has 1 saturated heterocycles. The number of amides is 1. The number of methoxy groups -OCH3 is 2. The second kappa shape index (κ2) is 11.1. The Balaban J connectivity index is 1.75. The second-order valence-electron chi connectivity index (χ2n) is 8.86. The van der Waals surface area contributed by atoms with E-state index in [0.717, 1.165) is 6.42 Å². The SMILES string of the molecule is COc1ccccc1OCCN(C)C(=O)c1ccc(OC)c(S(=O)(=O)N2CC(C)CC(C)C2)c1. The lowest BCUT2D eigenvalue weighted by Crippen LogP contribution is -2.42. The maximum atomic E-state index is 13.5. The zero-order valence-electron chi connectivity index (χ0n) is 20.5. The molecule has 34 heavy (non-hydrogen) atoms. The van der Waals surface area contributed by atoms with Crippen LogP contribution >= 0.6 is 0 Å². The fraction of sp³-hybridized carbons (Fsp3) is 0.480. The molecule has 1 amide bonds. The third-order valence-electron chi connectivity index (χ3n) is 5.96. The molecule has 2 aromatic rings. The monoisotopic (exact) mass is 490 g/mol. The number of likely N-dealkylation sites (N-methyl/N-ethyl adjacent to an activating group) is 1. The van der Waals surface area contributed by atoms with Crippen LogP contribution in [0.5, 0.6) is 17.2 Å². The van der Waals surface area contributed by atoms with Crippen LogP contribution in [-0.2, 0) is 10.0 Å². The molecular formula is C25H34N2O6S. The van der Waals surface area contributed by atoms with Gasteiger partial charge in [-0.1, -0.05) is 26.0 Å². The zero-order valence-corrected chi connectivity index (χ0v) is 21.3. The van der Waals surface area contributed by atoms with E-state index in [1.54, 1.807) is 32.4 Å². The van der Waals surface area contributed by atoms with Crippen LogP contribution in [0.15, 0.2) is 47.4 Å². The molecule has 0 bridgehead atoms. The molecule has 0 aromatic heterocycles. The van der Waals surface area contributed by atoms with Gasteiger partial charge in [-0.05, 0) is 48.6 Å². The van der Waals surface area contributed by atoms with Gasteiger partial charge < -0.3 is 19.1 Å². The fourth-order valence-electron chi connectivity index (χ4n) is 4.30. The lowest BCUT2D eigenvalue weighted by molar-refractivity contribution is 0.0773. The Morgan fingerprint density at radius 2 is 1.62 bits per heavy atom. The van der Waals surface area contributed by atoms with Crippen LogP contribution in [0.4, 0.5) is 0 Å². The zero-order chi connectivity index (χ0) is 24.9. The van der Waals surface area contributed by atoms with E-state index < -0.39 is 10.0 Å². The first-order valence-electron chi connectivity index (χ1n) is 11.4. The summed E-state index contributed by atoms with van der Waals surface area (Å²) in [5.41, 5.74) is 0.275. The van der Waals surface area contributed by atoms with Crippen molar-refractivity contribution in [1.82, 2.24) is 9.21 Å². The highest BCUT2D eigenvalue weighted by molar-refractivity contribution is 7.89. The summed E-state index contributed by atoms with van der Waals surface area (Å²) in [5, 5.41) is 0. The summed E-state index contributed by atoms with van der Waals surface area (Å²) in [6, 6.07) is 11.8. The van der Waals surface area contributed by atoms with Crippen molar-refractivity contribution in [3.8, 4) is 17.2 Å². The molecule has 2 atom stereocenters. The number of hydrogen-bond donors (Lipinski definition) is 0. The molecule has 1 aliphatic heterocycles. The third kappa shape index (κ3) is 5.82. The van der Waals surface area contributed by atoms with Crippen molar-refractivity contribution in [2.75, 3.05) is 47.5 Å². The van der Waals surface area contributed by atoms with Gasteiger partial charge in [0.25, 0.3) is 5.91 Å². The largest absolute Gasteiger partial charge is 0.495 e. The Kier molecular flexibility index (Phi) is 8.43. The fourth-order valence-corrected chi connectivity index (χ4v) is 6.17. The summed E-state index contributed by atoms with van der Waals surface area (Å²) < 4.78 is 44.8. The van der Waals surface area contributed by atoms with Crippen molar-refractivity contribution in [3.63, 3.8) is 0 Å². The van der Waals surface area contributed by atoms with Crippen LogP contribution in [0, 0.1) is 11.8 Å². The molecular weight excluding hydrogens is 456 g/mol. The van der Waals surface area contributed by atoms with E-state index in [-0.39, 0.29) is 40.6 Å². The third-order valence-corrected chi connectivity index (χ3v) is 7.82. The Hall–Kier alpha value is -2.78. The maximum Gasteiger partial charge on any atom is 0.253 e. The average molecular weight is 491 g/mol. The summed E-state index contributed by atoms with van der Waals surface area (Å²) >= 11 is 0. The summed E-state index contributed by atoms with van der Waals surface area (Å²) in [6.07, 6.45) is 0.989. The van der Waals surface area contributed by atoms with Gasteiger partial charge in [-0.15, -0.1) is 0 Å². The molecule has 186 valence electrons. The summed E-state index contributed by atoms with van der Waals surface area (Å²) in [7, 11) is 0.836. The number of sulfonamides is 1. The Morgan fingerprint density at radius 1 is 1.00 bits per heavy atom. The number of ether oxygens (including phenoxy) is 3. The quantitative estimate of drug-likeness (QED) is 0.535. The van der Waals surface area contributed by atoms with Gasteiger partial charge in [0.05, 0.1) is 20.8 Å². The first kappa shape index (κ1) is 25.8. The number of benzene rings is 2. The molecule has 2 unspecified atom stereocenters. The molecule has 0 spiro atoms. The lowest BCUT2D eigenvalue weighted by atomic mass is 9.94. The molecule has 2 aromatic carbocycles. The molecule has 1 aliphatic rings. The number of piperidine rings is 1.